The first-order valence-electron chi connectivity index (χ1n) is 7.58. The number of rotatable bonds is 12. The Hall–Kier alpha value is 0.920. The van der Waals surface area contributed by atoms with Crippen molar-refractivity contribution in [2.45, 2.75) is 65.2 Å². The molecule has 0 unspecified atom stereocenters. The van der Waals surface area contributed by atoms with E-state index >= 15 is 0 Å². The standard InChI is InChI=1S/C15H33BrN.BrH/c1-4-6-8-10-13-17(3,15-12-16)14-11-9-7-5-2;/h4-15H2,1-3H3;1H/q+1;/p-1. The molecule has 0 aliphatic carbocycles. The van der Waals surface area contributed by atoms with Gasteiger partial charge in [-0.3, -0.25) is 0 Å². The largest absolute Gasteiger partial charge is 1.00 e. The highest BCUT2D eigenvalue weighted by Gasteiger charge is 2.19. The molecule has 0 atom stereocenters. The maximum absolute atomic E-state index is 3.61. The van der Waals surface area contributed by atoms with E-state index in [0.717, 1.165) is 5.33 Å². The van der Waals surface area contributed by atoms with Crippen LogP contribution in [0.4, 0.5) is 0 Å². The zero-order valence-electron chi connectivity index (χ0n) is 12.7. The molecule has 0 spiro atoms. The average molecular weight is 387 g/mol. The Morgan fingerprint density at radius 3 is 1.50 bits per heavy atom. The lowest BCUT2D eigenvalue weighted by Gasteiger charge is -2.34. The van der Waals surface area contributed by atoms with E-state index in [1.54, 1.807) is 0 Å². The molecule has 1 nitrogen and oxygen atoms in total. The summed E-state index contributed by atoms with van der Waals surface area (Å²) in [4.78, 5) is 0. The van der Waals surface area contributed by atoms with E-state index in [0.29, 0.717) is 0 Å². The van der Waals surface area contributed by atoms with Crippen LogP contribution < -0.4 is 17.0 Å². The molecule has 0 fully saturated rings. The summed E-state index contributed by atoms with van der Waals surface area (Å²) >= 11 is 3.61. The zero-order valence-corrected chi connectivity index (χ0v) is 15.9. The van der Waals surface area contributed by atoms with Crippen LogP contribution in [-0.2, 0) is 0 Å². The summed E-state index contributed by atoms with van der Waals surface area (Å²) in [6.07, 6.45) is 11.2. The van der Waals surface area contributed by atoms with Gasteiger partial charge >= 0.3 is 0 Å². The molecule has 0 bridgehead atoms. The molecule has 0 saturated heterocycles. The second-order valence-corrected chi connectivity index (χ2v) is 6.39. The van der Waals surface area contributed by atoms with Crippen molar-refractivity contribution in [1.29, 1.82) is 0 Å². The van der Waals surface area contributed by atoms with Crippen LogP contribution in [0.25, 0.3) is 0 Å². The molecule has 0 aromatic heterocycles. The lowest BCUT2D eigenvalue weighted by molar-refractivity contribution is -0.907. The van der Waals surface area contributed by atoms with Gasteiger partial charge in [0.15, 0.2) is 0 Å². The number of quaternary nitrogens is 1. The van der Waals surface area contributed by atoms with Gasteiger partial charge in [-0.1, -0.05) is 55.5 Å². The van der Waals surface area contributed by atoms with Crippen LogP contribution >= 0.6 is 15.9 Å². The molecule has 112 valence electrons. The van der Waals surface area contributed by atoms with E-state index in [1.165, 1.54) is 75.5 Å². The second-order valence-electron chi connectivity index (χ2n) is 5.60. The molecule has 0 aromatic carbocycles. The minimum atomic E-state index is 0. The molecule has 0 N–H and O–H groups in total. The number of alkyl halides is 1. The van der Waals surface area contributed by atoms with Crippen molar-refractivity contribution in [3.63, 3.8) is 0 Å². The van der Waals surface area contributed by atoms with Gasteiger partial charge in [-0.25, -0.2) is 0 Å². The zero-order chi connectivity index (χ0) is 13.0. The van der Waals surface area contributed by atoms with Crippen molar-refractivity contribution in [3.05, 3.63) is 0 Å². The monoisotopic (exact) mass is 385 g/mol. The lowest BCUT2D eigenvalue weighted by Crippen LogP contribution is -3.00. The lowest BCUT2D eigenvalue weighted by atomic mass is 10.1. The summed E-state index contributed by atoms with van der Waals surface area (Å²) in [6, 6.07) is 0. The molecule has 0 heterocycles. The average Bonchev–Trinajstić information content (AvgIpc) is 2.31. The molecule has 0 radical (unpaired) electrons. The van der Waals surface area contributed by atoms with Gasteiger partial charge in [0.1, 0.15) is 0 Å². The van der Waals surface area contributed by atoms with Crippen LogP contribution in [0, 0.1) is 0 Å². The van der Waals surface area contributed by atoms with Crippen LogP contribution in [0.5, 0.6) is 0 Å². The Morgan fingerprint density at radius 1 is 0.722 bits per heavy atom. The van der Waals surface area contributed by atoms with Crippen LogP contribution in [-0.4, -0.2) is 36.5 Å². The smallest absolute Gasteiger partial charge is 0.0883 e. The van der Waals surface area contributed by atoms with Crippen LogP contribution in [0.2, 0.25) is 0 Å². The Morgan fingerprint density at radius 2 is 1.17 bits per heavy atom. The van der Waals surface area contributed by atoms with Crippen LogP contribution in [0.3, 0.4) is 0 Å². The molecule has 0 aliphatic heterocycles. The molecule has 0 amide bonds. The number of unbranched alkanes of at least 4 members (excludes halogenated alkanes) is 6. The normalized spacial score (nSPS) is 11.3. The second kappa shape index (κ2) is 14.3. The highest BCUT2D eigenvalue weighted by Crippen LogP contribution is 2.12. The van der Waals surface area contributed by atoms with E-state index in [4.69, 9.17) is 0 Å². The quantitative estimate of drug-likeness (QED) is 0.273. The van der Waals surface area contributed by atoms with Crippen molar-refractivity contribution in [1.82, 2.24) is 0 Å². The topological polar surface area (TPSA) is 0 Å². The Kier molecular flexibility index (Phi) is 16.9. The molecule has 0 aliphatic rings. The minimum Gasteiger partial charge on any atom is -1.00 e. The third-order valence-corrected chi connectivity index (χ3v) is 4.08. The van der Waals surface area contributed by atoms with E-state index < -0.39 is 0 Å². The number of halogens is 2. The summed E-state index contributed by atoms with van der Waals surface area (Å²) in [5, 5.41) is 1.14. The van der Waals surface area contributed by atoms with Crippen molar-refractivity contribution in [2.75, 3.05) is 32.0 Å². The molecule has 0 rings (SSSR count). The predicted octanol–water partition coefficient (Wildman–Crippen LogP) is 1.99. The van der Waals surface area contributed by atoms with Gasteiger partial charge in [0.2, 0.25) is 0 Å². The first-order chi connectivity index (χ1) is 8.18. The summed E-state index contributed by atoms with van der Waals surface area (Å²) in [7, 11) is 2.44. The summed E-state index contributed by atoms with van der Waals surface area (Å²) < 4.78 is 1.28. The predicted molar refractivity (Wildman–Crippen MR) is 82.9 cm³/mol. The van der Waals surface area contributed by atoms with Crippen molar-refractivity contribution in [3.8, 4) is 0 Å². The van der Waals surface area contributed by atoms with Gasteiger partial charge in [-0.2, -0.15) is 0 Å². The SMILES string of the molecule is CCCCCC[N+](C)(CCBr)CCCCCC.[Br-]. The molecular formula is C15H33Br2N. The third kappa shape index (κ3) is 12.0. The van der Waals surface area contributed by atoms with Crippen LogP contribution in [0.15, 0.2) is 0 Å². The van der Waals surface area contributed by atoms with Gasteiger partial charge in [0, 0.05) is 0 Å². The molecule has 0 aromatic rings. The Labute approximate surface area is 134 Å². The van der Waals surface area contributed by atoms with Gasteiger partial charge in [0.25, 0.3) is 0 Å². The van der Waals surface area contributed by atoms with Crippen molar-refractivity contribution >= 4 is 15.9 Å². The number of hydrogen-bond acceptors (Lipinski definition) is 0. The fourth-order valence-corrected chi connectivity index (χ4v) is 3.24. The van der Waals surface area contributed by atoms with Crippen molar-refractivity contribution < 1.29 is 21.5 Å². The van der Waals surface area contributed by atoms with E-state index in [2.05, 4.69) is 36.8 Å². The molecule has 18 heavy (non-hydrogen) atoms. The Balaban J connectivity index is 0. The first kappa shape index (κ1) is 21.2. The van der Waals surface area contributed by atoms with Gasteiger partial charge in [-0.05, 0) is 25.7 Å². The van der Waals surface area contributed by atoms with Crippen molar-refractivity contribution in [2.24, 2.45) is 0 Å². The maximum atomic E-state index is 3.61. The summed E-state index contributed by atoms with van der Waals surface area (Å²) in [6.45, 7) is 8.61. The summed E-state index contributed by atoms with van der Waals surface area (Å²) in [5.41, 5.74) is 0. The Bertz CT molecular complexity index is 151. The highest BCUT2D eigenvalue weighted by atomic mass is 79.9. The minimum absolute atomic E-state index is 0. The summed E-state index contributed by atoms with van der Waals surface area (Å²) in [5.74, 6) is 0. The van der Waals surface area contributed by atoms with Gasteiger partial charge in [0.05, 0.1) is 32.0 Å². The highest BCUT2D eigenvalue weighted by molar-refractivity contribution is 9.09. The van der Waals surface area contributed by atoms with Gasteiger partial charge in [-0.15, -0.1) is 0 Å². The van der Waals surface area contributed by atoms with E-state index in [1.807, 2.05) is 0 Å². The van der Waals surface area contributed by atoms with Crippen LogP contribution in [0.1, 0.15) is 65.2 Å². The fourth-order valence-electron chi connectivity index (χ4n) is 2.38. The van der Waals surface area contributed by atoms with E-state index in [9.17, 15) is 0 Å². The molecule has 0 saturated carbocycles. The fraction of sp³-hybridized carbons (Fsp3) is 1.00. The first-order valence-corrected chi connectivity index (χ1v) is 8.70. The molecule has 3 heteroatoms. The molecular weight excluding hydrogens is 354 g/mol. The van der Waals surface area contributed by atoms with Gasteiger partial charge < -0.3 is 21.5 Å². The van der Waals surface area contributed by atoms with E-state index in [-0.39, 0.29) is 17.0 Å². The number of hydrogen-bond donors (Lipinski definition) is 0. The maximum Gasteiger partial charge on any atom is 0.0883 e. The number of nitrogens with zero attached hydrogens (tertiary/aromatic N) is 1. The third-order valence-electron chi connectivity index (χ3n) is 3.73.